The molecule has 1 aliphatic heterocycles. The van der Waals surface area contributed by atoms with Crippen molar-refractivity contribution < 1.29 is 9.59 Å². The highest BCUT2D eigenvalue weighted by atomic mass is 32.1. The number of rotatable bonds is 1. The number of nitrogens with one attached hydrogen (secondary N) is 1. The summed E-state index contributed by atoms with van der Waals surface area (Å²) in [4.78, 5) is 25.6. The first-order chi connectivity index (χ1) is 5.11. The fraction of sp³-hybridized carbons (Fsp3) is 0.333. The van der Waals surface area contributed by atoms with Gasteiger partial charge in [-0.1, -0.05) is 12.2 Å². The topological polar surface area (TPSA) is 58.5 Å². The van der Waals surface area contributed by atoms with E-state index in [1.807, 2.05) is 0 Å². The van der Waals surface area contributed by atoms with E-state index in [2.05, 4.69) is 22.5 Å². The smallest absolute Gasteiger partial charge is 0.277 e. The summed E-state index contributed by atoms with van der Waals surface area (Å²) in [6.45, 7) is 1.53. The van der Waals surface area contributed by atoms with E-state index in [1.54, 1.807) is 0 Å². The van der Waals surface area contributed by atoms with Crippen LogP contribution in [-0.2, 0) is 9.59 Å². The Morgan fingerprint density at radius 3 is 2.82 bits per heavy atom. The van der Waals surface area contributed by atoms with Crippen LogP contribution in [-0.4, -0.2) is 28.9 Å². The summed E-state index contributed by atoms with van der Waals surface area (Å²) >= 11 is 4.67. The van der Waals surface area contributed by atoms with Gasteiger partial charge in [0.25, 0.3) is 5.91 Å². The van der Waals surface area contributed by atoms with Gasteiger partial charge in [-0.25, -0.2) is 0 Å². The van der Waals surface area contributed by atoms with E-state index in [1.165, 1.54) is 6.92 Å². The third-order valence-corrected chi connectivity index (χ3v) is 1.41. The minimum absolute atomic E-state index is 0.0430. The van der Waals surface area contributed by atoms with E-state index < -0.39 is 5.91 Å². The molecule has 0 fully saturated rings. The molecule has 1 rings (SSSR count). The molecule has 5 heteroatoms. The Labute approximate surface area is 68.7 Å². The molecule has 0 saturated heterocycles. The minimum atomic E-state index is -0.492. The fourth-order valence-electron chi connectivity index (χ4n) is 0.719. The van der Waals surface area contributed by atoms with Gasteiger partial charge >= 0.3 is 0 Å². The van der Waals surface area contributed by atoms with Crippen LogP contribution in [0.4, 0.5) is 0 Å². The zero-order valence-electron chi connectivity index (χ0n) is 5.88. The average Bonchev–Trinajstić information content (AvgIpc) is 1.85. The summed E-state index contributed by atoms with van der Waals surface area (Å²) in [5, 5.41) is 2.35. The third kappa shape index (κ3) is 1.68. The number of carbonyl (C=O) groups is 2. The summed E-state index contributed by atoms with van der Waals surface area (Å²) in [7, 11) is 0. The molecular formula is C6H6N2O2S. The van der Waals surface area contributed by atoms with Gasteiger partial charge in [0.15, 0.2) is 11.5 Å². The largest absolute Gasteiger partial charge is 0.313 e. The molecule has 0 aromatic carbocycles. The van der Waals surface area contributed by atoms with Crippen LogP contribution in [0.3, 0.4) is 0 Å². The second-order valence-electron chi connectivity index (χ2n) is 2.10. The highest BCUT2D eigenvalue weighted by molar-refractivity contribution is 7.80. The molecule has 0 aliphatic carbocycles. The molecule has 58 valence electrons. The number of hydrogen-bond donors (Lipinski definition) is 1. The number of nitrogens with zero attached hydrogens (tertiary/aromatic N) is 1. The van der Waals surface area contributed by atoms with Crippen molar-refractivity contribution >= 4 is 34.6 Å². The lowest BCUT2D eigenvalue weighted by molar-refractivity contribution is -0.116. The Kier molecular flexibility index (Phi) is 2.09. The summed E-state index contributed by atoms with van der Waals surface area (Å²) in [5.74, 6) is -0.821. The molecule has 0 radical (unpaired) electrons. The number of ketones is 1. The van der Waals surface area contributed by atoms with Crippen LogP contribution in [0.25, 0.3) is 0 Å². The van der Waals surface area contributed by atoms with Crippen molar-refractivity contribution in [2.45, 2.75) is 6.92 Å². The Hall–Kier alpha value is -1.10. The molecular weight excluding hydrogens is 164 g/mol. The van der Waals surface area contributed by atoms with E-state index in [4.69, 9.17) is 0 Å². The SMILES string of the molecule is CC(=O)C1=NCC(=S)NC1=O. The first kappa shape index (κ1) is 8.00. The van der Waals surface area contributed by atoms with Crippen LogP contribution in [0.2, 0.25) is 0 Å². The van der Waals surface area contributed by atoms with Gasteiger partial charge in [0.1, 0.15) is 4.99 Å². The average molecular weight is 170 g/mol. The predicted octanol–water partition coefficient (Wildman–Crippen LogP) is -0.526. The lowest BCUT2D eigenvalue weighted by Crippen LogP contribution is -2.43. The number of thiocarbonyl (C=S) groups is 1. The molecule has 4 nitrogen and oxygen atoms in total. The van der Waals surface area contributed by atoms with Gasteiger partial charge in [-0.2, -0.15) is 0 Å². The van der Waals surface area contributed by atoms with Crippen LogP contribution in [0.1, 0.15) is 6.92 Å². The van der Waals surface area contributed by atoms with Crippen LogP contribution < -0.4 is 5.32 Å². The van der Waals surface area contributed by atoms with Gasteiger partial charge in [-0.05, 0) is 0 Å². The molecule has 1 heterocycles. The molecule has 1 amide bonds. The number of aliphatic imine (C=N–C) groups is 1. The van der Waals surface area contributed by atoms with Gasteiger partial charge in [-0.15, -0.1) is 0 Å². The van der Waals surface area contributed by atoms with Crippen molar-refractivity contribution in [3.63, 3.8) is 0 Å². The van der Waals surface area contributed by atoms with Gasteiger partial charge in [0.05, 0.1) is 6.54 Å². The van der Waals surface area contributed by atoms with Gasteiger partial charge in [0.2, 0.25) is 0 Å². The molecule has 0 atom stereocenters. The third-order valence-electron chi connectivity index (χ3n) is 1.18. The molecule has 0 saturated carbocycles. The molecule has 1 aliphatic rings. The van der Waals surface area contributed by atoms with Crippen molar-refractivity contribution in [2.75, 3.05) is 6.54 Å². The van der Waals surface area contributed by atoms with Crippen LogP contribution in [0.15, 0.2) is 4.99 Å². The first-order valence-electron chi connectivity index (χ1n) is 3.01. The maximum absolute atomic E-state index is 10.9. The molecule has 11 heavy (non-hydrogen) atoms. The first-order valence-corrected chi connectivity index (χ1v) is 3.41. The predicted molar refractivity (Wildman–Crippen MR) is 43.7 cm³/mol. The summed E-state index contributed by atoms with van der Waals surface area (Å²) in [6, 6.07) is 0. The summed E-state index contributed by atoms with van der Waals surface area (Å²) in [6.07, 6.45) is 0. The number of Topliss-reactive ketones (excluding diaryl/α,β-unsaturated/α-hetero) is 1. The van der Waals surface area contributed by atoms with Crippen molar-refractivity contribution in [3.8, 4) is 0 Å². The van der Waals surface area contributed by atoms with Gasteiger partial charge in [-0.3, -0.25) is 14.6 Å². The maximum Gasteiger partial charge on any atom is 0.277 e. The number of hydrogen-bond acceptors (Lipinski definition) is 4. The van der Waals surface area contributed by atoms with Crippen LogP contribution in [0, 0.1) is 0 Å². The van der Waals surface area contributed by atoms with Crippen molar-refractivity contribution in [3.05, 3.63) is 0 Å². The monoisotopic (exact) mass is 170 g/mol. The highest BCUT2D eigenvalue weighted by Crippen LogP contribution is 1.91. The lowest BCUT2D eigenvalue weighted by atomic mass is 10.2. The zero-order valence-corrected chi connectivity index (χ0v) is 6.70. The molecule has 0 unspecified atom stereocenters. The quantitative estimate of drug-likeness (QED) is 0.538. The number of carbonyl (C=O) groups excluding carboxylic acids is 2. The Balaban J connectivity index is 2.89. The van der Waals surface area contributed by atoms with Crippen LogP contribution >= 0.6 is 12.2 Å². The molecule has 0 spiro atoms. The Morgan fingerprint density at radius 1 is 1.73 bits per heavy atom. The number of amides is 1. The van der Waals surface area contributed by atoms with Gasteiger partial charge in [0, 0.05) is 6.92 Å². The molecule has 1 N–H and O–H groups in total. The Bertz CT molecular complexity index is 270. The van der Waals surface area contributed by atoms with E-state index in [9.17, 15) is 9.59 Å². The fourth-order valence-corrected chi connectivity index (χ4v) is 0.876. The van der Waals surface area contributed by atoms with E-state index in [0.717, 1.165) is 0 Å². The minimum Gasteiger partial charge on any atom is -0.313 e. The molecule has 0 bridgehead atoms. The zero-order chi connectivity index (χ0) is 8.43. The Morgan fingerprint density at radius 2 is 2.36 bits per heavy atom. The van der Waals surface area contributed by atoms with Crippen molar-refractivity contribution in [1.82, 2.24) is 5.32 Å². The van der Waals surface area contributed by atoms with E-state index >= 15 is 0 Å². The maximum atomic E-state index is 10.9. The second kappa shape index (κ2) is 2.87. The van der Waals surface area contributed by atoms with Crippen molar-refractivity contribution in [1.29, 1.82) is 0 Å². The normalized spacial score (nSPS) is 17.4. The summed E-state index contributed by atoms with van der Waals surface area (Å²) in [5.41, 5.74) is -0.0430. The van der Waals surface area contributed by atoms with Gasteiger partial charge < -0.3 is 5.32 Å². The van der Waals surface area contributed by atoms with E-state index in [-0.39, 0.29) is 18.0 Å². The van der Waals surface area contributed by atoms with E-state index in [0.29, 0.717) is 4.99 Å². The highest BCUT2D eigenvalue weighted by Gasteiger charge is 2.20. The molecule has 0 aromatic rings. The second-order valence-corrected chi connectivity index (χ2v) is 2.59. The van der Waals surface area contributed by atoms with Crippen molar-refractivity contribution in [2.24, 2.45) is 4.99 Å². The molecule has 0 aromatic heterocycles. The van der Waals surface area contributed by atoms with Crippen LogP contribution in [0.5, 0.6) is 0 Å². The lowest BCUT2D eigenvalue weighted by Gasteiger charge is -2.10. The standard InChI is InChI=1S/C6H6N2O2S/c1-3(9)5-6(10)8-4(11)2-7-5/h2H2,1H3,(H,8,10,11). The summed E-state index contributed by atoms with van der Waals surface area (Å²) < 4.78 is 0.